The number of aryl methyl sites for hydroxylation is 3. The van der Waals surface area contributed by atoms with Crippen molar-refractivity contribution in [3.05, 3.63) is 40.4 Å². The van der Waals surface area contributed by atoms with Gasteiger partial charge in [0.1, 0.15) is 34.0 Å². The molecule has 24 heavy (non-hydrogen) atoms. The van der Waals surface area contributed by atoms with Gasteiger partial charge in [-0.05, 0) is 36.9 Å². The van der Waals surface area contributed by atoms with Crippen molar-refractivity contribution in [3.8, 4) is 0 Å². The molecule has 0 aliphatic carbocycles. The minimum absolute atomic E-state index is 0.0517. The molecule has 4 heterocycles. The second-order valence-corrected chi connectivity index (χ2v) is 6.99. The van der Waals surface area contributed by atoms with E-state index in [1.54, 1.807) is 11.3 Å². The van der Waals surface area contributed by atoms with Crippen LogP contribution in [0.25, 0.3) is 10.2 Å². The van der Waals surface area contributed by atoms with Gasteiger partial charge in [-0.1, -0.05) is 6.92 Å². The van der Waals surface area contributed by atoms with Gasteiger partial charge in [0.05, 0.1) is 18.6 Å². The number of hydrogen-bond acceptors (Lipinski definition) is 6. The smallest absolute Gasteiger partial charge is 0.142 e. The number of aromatic nitrogens is 2. The number of rotatable bonds is 3. The van der Waals surface area contributed by atoms with Crippen molar-refractivity contribution in [2.24, 2.45) is 0 Å². The van der Waals surface area contributed by atoms with E-state index in [9.17, 15) is 0 Å². The van der Waals surface area contributed by atoms with Gasteiger partial charge in [0.15, 0.2) is 0 Å². The summed E-state index contributed by atoms with van der Waals surface area (Å²) in [5, 5.41) is 3.31. The summed E-state index contributed by atoms with van der Waals surface area (Å²) in [7, 11) is 0. The molecule has 0 aromatic carbocycles. The molecule has 0 saturated carbocycles. The Hall–Kier alpha value is -1.92. The van der Waals surface area contributed by atoms with E-state index in [2.05, 4.69) is 41.2 Å². The monoisotopic (exact) mass is 343 g/mol. The summed E-state index contributed by atoms with van der Waals surface area (Å²) in [5.74, 6) is 3.76. The lowest BCUT2D eigenvalue weighted by Crippen LogP contribution is -2.40. The Morgan fingerprint density at radius 3 is 2.96 bits per heavy atom. The number of ether oxygens (including phenoxy) is 1. The van der Waals surface area contributed by atoms with E-state index in [1.807, 2.05) is 6.92 Å². The van der Waals surface area contributed by atoms with Crippen LogP contribution in [0.3, 0.4) is 0 Å². The molecule has 1 aliphatic rings. The molecule has 3 aromatic rings. The molecule has 0 amide bonds. The molecule has 3 aromatic heterocycles. The second kappa shape index (κ2) is 6.18. The first-order chi connectivity index (χ1) is 11.7. The number of nitrogens with zero attached hydrogens (tertiary/aromatic N) is 3. The van der Waals surface area contributed by atoms with Gasteiger partial charge in [0.25, 0.3) is 0 Å². The van der Waals surface area contributed by atoms with Crippen molar-refractivity contribution in [1.29, 1.82) is 0 Å². The van der Waals surface area contributed by atoms with Crippen LogP contribution in [-0.4, -0.2) is 29.7 Å². The van der Waals surface area contributed by atoms with E-state index in [0.29, 0.717) is 13.2 Å². The summed E-state index contributed by atoms with van der Waals surface area (Å²) in [6.07, 6.45) is 0.897. The molecular formula is C18H21N3O2S. The van der Waals surface area contributed by atoms with Crippen LogP contribution >= 0.6 is 11.3 Å². The van der Waals surface area contributed by atoms with Gasteiger partial charge < -0.3 is 14.1 Å². The first-order valence-corrected chi connectivity index (χ1v) is 9.20. The van der Waals surface area contributed by atoms with Crippen molar-refractivity contribution >= 4 is 27.4 Å². The van der Waals surface area contributed by atoms with Crippen LogP contribution in [0.4, 0.5) is 5.82 Å². The fourth-order valence-electron chi connectivity index (χ4n) is 3.23. The van der Waals surface area contributed by atoms with E-state index < -0.39 is 0 Å². The second-order valence-electron chi connectivity index (χ2n) is 6.14. The van der Waals surface area contributed by atoms with Crippen LogP contribution in [0.5, 0.6) is 0 Å². The van der Waals surface area contributed by atoms with Gasteiger partial charge >= 0.3 is 0 Å². The molecular weight excluding hydrogens is 322 g/mol. The molecule has 4 rings (SSSR count). The standard InChI is InChI=1S/C18H21N3O2S/c1-4-13-5-6-15(23-13)14-9-22-8-7-21(14)17-16-11(2)10-24-18(16)20-12(3)19-17/h5-6,10,14H,4,7-9H2,1-3H3. The zero-order valence-electron chi connectivity index (χ0n) is 14.2. The van der Waals surface area contributed by atoms with Gasteiger partial charge in [-0.3, -0.25) is 0 Å². The van der Waals surface area contributed by atoms with E-state index in [-0.39, 0.29) is 6.04 Å². The van der Waals surface area contributed by atoms with Crippen LogP contribution in [0.1, 0.15) is 35.9 Å². The van der Waals surface area contributed by atoms with Crippen LogP contribution in [0.15, 0.2) is 21.9 Å². The SMILES string of the molecule is CCc1ccc(C2COCCN2c2nc(C)nc3scc(C)c23)o1. The van der Waals surface area contributed by atoms with Crippen LogP contribution in [0, 0.1) is 13.8 Å². The van der Waals surface area contributed by atoms with E-state index in [0.717, 1.165) is 46.3 Å². The highest BCUT2D eigenvalue weighted by atomic mass is 32.1. The Morgan fingerprint density at radius 2 is 2.17 bits per heavy atom. The largest absolute Gasteiger partial charge is 0.464 e. The number of anilines is 1. The predicted molar refractivity (Wildman–Crippen MR) is 95.9 cm³/mol. The van der Waals surface area contributed by atoms with E-state index >= 15 is 0 Å². The molecule has 1 unspecified atom stereocenters. The van der Waals surface area contributed by atoms with Gasteiger partial charge in [0.2, 0.25) is 0 Å². The number of hydrogen-bond donors (Lipinski definition) is 0. The fraction of sp³-hybridized carbons (Fsp3) is 0.444. The Bertz CT molecular complexity index is 870. The number of thiophene rings is 1. The molecule has 0 N–H and O–H groups in total. The maximum atomic E-state index is 6.02. The quantitative estimate of drug-likeness (QED) is 0.718. The highest BCUT2D eigenvalue weighted by Crippen LogP contribution is 2.37. The zero-order chi connectivity index (χ0) is 16.7. The summed E-state index contributed by atoms with van der Waals surface area (Å²) in [4.78, 5) is 12.7. The summed E-state index contributed by atoms with van der Waals surface area (Å²) in [6, 6.07) is 4.17. The van der Waals surface area contributed by atoms with Crippen molar-refractivity contribution in [2.75, 3.05) is 24.7 Å². The minimum Gasteiger partial charge on any atom is -0.464 e. The summed E-state index contributed by atoms with van der Waals surface area (Å²) in [6.45, 7) is 8.29. The molecule has 1 atom stereocenters. The Labute approximate surface area is 145 Å². The number of furan rings is 1. The van der Waals surface area contributed by atoms with Crippen LogP contribution < -0.4 is 4.90 Å². The van der Waals surface area contributed by atoms with Crippen molar-refractivity contribution in [3.63, 3.8) is 0 Å². The number of morpholine rings is 1. The average molecular weight is 343 g/mol. The fourth-order valence-corrected chi connectivity index (χ4v) is 4.19. The lowest BCUT2D eigenvalue weighted by molar-refractivity contribution is 0.0870. The Kier molecular flexibility index (Phi) is 4.02. The zero-order valence-corrected chi connectivity index (χ0v) is 15.0. The normalized spacial score (nSPS) is 18.5. The highest BCUT2D eigenvalue weighted by Gasteiger charge is 2.30. The third kappa shape index (κ3) is 2.59. The molecule has 1 fully saturated rings. The van der Waals surface area contributed by atoms with Crippen molar-refractivity contribution in [1.82, 2.24) is 9.97 Å². The third-order valence-electron chi connectivity index (χ3n) is 4.47. The molecule has 6 heteroatoms. The molecule has 5 nitrogen and oxygen atoms in total. The first-order valence-electron chi connectivity index (χ1n) is 8.32. The minimum atomic E-state index is 0.0517. The summed E-state index contributed by atoms with van der Waals surface area (Å²) in [5.41, 5.74) is 1.23. The summed E-state index contributed by atoms with van der Waals surface area (Å²) >= 11 is 1.68. The maximum Gasteiger partial charge on any atom is 0.142 e. The van der Waals surface area contributed by atoms with E-state index in [4.69, 9.17) is 14.1 Å². The van der Waals surface area contributed by atoms with Crippen LogP contribution in [-0.2, 0) is 11.2 Å². The van der Waals surface area contributed by atoms with Gasteiger partial charge in [-0.25, -0.2) is 9.97 Å². The van der Waals surface area contributed by atoms with Crippen LogP contribution in [0.2, 0.25) is 0 Å². The molecule has 0 radical (unpaired) electrons. The lowest BCUT2D eigenvalue weighted by Gasteiger charge is -2.35. The van der Waals surface area contributed by atoms with Gasteiger partial charge in [-0.2, -0.15) is 0 Å². The summed E-state index contributed by atoms with van der Waals surface area (Å²) < 4.78 is 11.8. The molecule has 126 valence electrons. The van der Waals surface area contributed by atoms with Gasteiger partial charge in [-0.15, -0.1) is 11.3 Å². The Morgan fingerprint density at radius 1 is 1.29 bits per heavy atom. The predicted octanol–water partition coefficient (Wildman–Crippen LogP) is 4.04. The lowest BCUT2D eigenvalue weighted by atomic mass is 10.1. The third-order valence-corrected chi connectivity index (χ3v) is 5.46. The molecule has 1 saturated heterocycles. The average Bonchev–Trinajstić information content (AvgIpc) is 3.21. The first kappa shape index (κ1) is 15.6. The maximum absolute atomic E-state index is 6.02. The topological polar surface area (TPSA) is 51.4 Å². The van der Waals surface area contributed by atoms with Crippen molar-refractivity contribution in [2.45, 2.75) is 33.2 Å². The van der Waals surface area contributed by atoms with Crippen molar-refractivity contribution < 1.29 is 9.15 Å². The van der Waals surface area contributed by atoms with E-state index in [1.165, 1.54) is 5.56 Å². The Balaban J connectivity index is 1.82. The molecule has 1 aliphatic heterocycles. The highest BCUT2D eigenvalue weighted by molar-refractivity contribution is 7.17. The van der Waals surface area contributed by atoms with Gasteiger partial charge in [0, 0.05) is 13.0 Å². The number of fused-ring (bicyclic) bond motifs is 1. The molecule has 0 bridgehead atoms. The molecule has 0 spiro atoms.